The predicted molar refractivity (Wildman–Crippen MR) is 110 cm³/mol. The van der Waals surface area contributed by atoms with E-state index in [-0.39, 0.29) is 11.9 Å². The maximum atomic E-state index is 12.2. The average Bonchev–Trinajstić information content (AvgIpc) is 2.70. The van der Waals surface area contributed by atoms with Crippen LogP contribution in [0.2, 0.25) is 0 Å². The molecule has 0 aromatic heterocycles. The van der Waals surface area contributed by atoms with Crippen LogP contribution in [0.5, 0.6) is 0 Å². The van der Waals surface area contributed by atoms with E-state index in [2.05, 4.69) is 20.6 Å². The second-order valence-electron chi connectivity index (χ2n) is 6.24. The number of rotatable bonds is 6. The molecule has 0 fully saturated rings. The molecule has 0 aliphatic carbocycles. The summed E-state index contributed by atoms with van der Waals surface area (Å²) in [7, 11) is 1.74. The van der Waals surface area contributed by atoms with Gasteiger partial charge in [0.15, 0.2) is 0 Å². The Bertz CT molecular complexity index is 869. The molecule has 138 valence electrons. The summed E-state index contributed by atoms with van der Waals surface area (Å²) in [6.07, 6.45) is 4.88. The fraction of sp³-hybridized carbons (Fsp3) is 0.190. The highest BCUT2D eigenvalue weighted by Crippen LogP contribution is 2.20. The Hall–Kier alpha value is -3.41. The molecule has 2 aromatic carbocycles. The maximum Gasteiger partial charge on any atom is 0.255 e. The number of nitrogens with two attached hydrogens (primary N) is 1. The minimum atomic E-state index is -0.122. The zero-order chi connectivity index (χ0) is 19.1. The lowest BCUT2D eigenvalue weighted by Gasteiger charge is -2.22. The molecule has 0 bridgehead atoms. The summed E-state index contributed by atoms with van der Waals surface area (Å²) in [5.74, 6) is 0.518. The molecule has 1 amide bonds. The van der Waals surface area contributed by atoms with Crippen molar-refractivity contribution in [2.24, 2.45) is 15.7 Å². The van der Waals surface area contributed by atoms with Gasteiger partial charge in [-0.2, -0.15) is 0 Å². The Morgan fingerprint density at radius 2 is 1.96 bits per heavy atom. The van der Waals surface area contributed by atoms with Gasteiger partial charge < -0.3 is 21.4 Å². The molecular weight excluding hydrogens is 338 g/mol. The SMILES string of the molecule is CN=CCC1=C(N)NC=NC1Cc1ccc(NC(=O)c2ccccc2)cc1. The number of hydrogen-bond acceptors (Lipinski definition) is 5. The first-order valence-electron chi connectivity index (χ1n) is 8.80. The van der Waals surface area contributed by atoms with Crippen LogP contribution in [0.3, 0.4) is 0 Å². The lowest BCUT2D eigenvalue weighted by molar-refractivity contribution is 0.102. The van der Waals surface area contributed by atoms with Crippen molar-refractivity contribution in [2.75, 3.05) is 12.4 Å². The van der Waals surface area contributed by atoms with Gasteiger partial charge in [0.1, 0.15) is 5.82 Å². The summed E-state index contributed by atoms with van der Waals surface area (Å²) in [6.45, 7) is 0. The van der Waals surface area contributed by atoms with Crippen LogP contribution in [0.1, 0.15) is 22.3 Å². The van der Waals surface area contributed by atoms with Gasteiger partial charge in [0.05, 0.1) is 12.4 Å². The van der Waals surface area contributed by atoms with Crippen LogP contribution in [0.15, 0.2) is 76.0 Å². The van der Waals surface area contributed by atoms with Crippen LogP contribution in [-0.4, -0.2) is 31.5 Å². The van der Waals surface area contributed by atoms with Gasteiger partial charge in [0, 0.05) is 36.5 Å². The van der Waals surface area contributed by atoms with Crippen molar-refractivity contribution in [1.29, 1.82) is 0 Å². The summed E-state index contributed by atoms with van der Waals surface area (Å²) >= 11 is 0. The van der Waals surface area contributed by atoms with Gasteiger partial charge in [0.25, 0.3) is 5.91 Å². The minimum absolute atomic E-state index is 0.0194. The Morgan fingerprint density at radius 3 is 2.67 bits per heavy atom. The van der Waals surface area contributed by atoms with E-state index >= 15 is 0 Å². The normalized spacial score (nSPS) is 16.4. The Labute approximate surface area is 158 Å². The molecule has 6 heteroatoms. The minimum Gasteiger partial charge on any atom is -0.385 e. The van der Waals surface area contributed by atoms with Crippen LogP contribution in [0, 0.1) is 0 Å². The lowest BCUT2D eigenvalue weighted by Crippen LogP contribution is -2.31. The number of nitrogens with one attached hydrogen (secondary N) is 2. The second-order valence-corrected chi connectivity index (χ2v) is 6.24. The molecule has 2 aromatic rings. The summed E-state index contributed by atoms with van der Waals surface area (Å²) in [4.78, 5) is 20.8. The van der Waals surface area contributed by atoms with E-state index in [1.54, 1.807) is 25.5 Å². The highest BCUT2D eigenvalue weighted by Gasteiger charge is 2.19. The van der Waals surface area contributed by atoms with Crippen molar-refractivity contribution in [2.45, 2.75) is 18.9 Å². The van der Waals surface area contributed by atoms with E-state index in [0.717, 1.165) is 23.2 Å². The summed E-state index contributed by atoms with van der Waals surface area (Å²) < 4.78 is 0. The molecule has 3 rings (SSSR count). The van der Waals surface area contributed by atoms with E-state index in [1.807, 2.05) is 48.7 Å². The zero-order valence-electron chi connectivity index (χ0n) is 15.2. The van der Waals surface area contributed by atoms with Crippen LogP contribution in [0.25, 0.3) is 0 Å². The molecule has 1 atom stereocenters. The molecule has 27 heavy (non-hydrogen) atoms. The average molecular weight is 361 g/mol. The Morgan fingerprint density at radius 1 is 1.22 bits per heavy atom. The van der Waals surface area contributed by atoms with E-state index in [0.29, 0.717) is 17.8 Å². The fourth-order valence-electron chi connectivity index (χ4n) is 2.91. The van der Waals surface area contributed by atoms with E-state index < -0.39 is 0 Å². The standard InChI is InChI=1S/C21H23N5O/c1-23-12-11-18-19(24-14-25-20(18)22)13-15-7-9-17(10-8-15)26-21(27)16-5-3-2-4-6-16/h2-10,12,14,19H,11,13,22H2,1H3,(H,24,25)(H,26,27). The largest absolute Gasteiger partial charge is 0.385 e. The van der Waals surface area contributed by atoms with Gasteiger partial charge in [-0.15, -0.1) is 0 Å². The van der Waals surface area contributed by atoms with Crippen LogP contribution >= 0.6 is 0 Å². The van der Waals surface area contributed by atoms with Crippen molar-refractivity contribution in [3.05, 3.63) is 77.1 Å². The summed E-state index contributed by atoms with van der Waals surface area (Å²) in [5, 5.41) is 5.87. The van der Waals surface area contributed by atoms with Crippen LogP contribution < -0.4 is 16.4 Å². The third kappa shape index (κ3) is 4.82. The predicted octanol–water partition coefficient (Wildman–Crippen LogP) is 2.74. The molecule has 0 saturated heterocycles. The molecule has 4 N–H and O–H groups in total. The summed E-state index contributed by atoms with van der Waals surface area (Å²) in [5.41, 5.74) is 9.61. The van der Waals surface area contributed by atoms with Gasteiger partial charge in [-0.25, -0.2) is 0 Å². The van der Waals surface area contributed by atoms with E-state index in [4.69, 9.17) is 5.73 Å². The first-order valence-corrected chi connectivity index (χ1v) is 8.80. The Balaban J connectivity index is 1.66. The smallest absolute Gasteiger partial charge is 0.255 e. The molecule has 0 saturated carbocycles. The number of nitrogens with zero attached hydrogens (tertiary/aromatic N) is 2. The lowest BCUT2D eigenvalue weighted by atomic mass is 9.96. The third-order valence-electron chi connectivity index (χ3n) is 4.39. The molecular formula is C21H23N5O. The number of anilines is 1. The molecule has 1 unspecified atom stereocenters. The van der Waals surface area contributed by atoms with Crippen molar-refractivity contribution in [1.82, 2.24) is 5.32 Å². The first-order chi connectivity index (χ1) is 13.2. The fourth-order valence-corrected chi connectivity index (χ4v) is 2.91. The maximum absolute atomic E-state index is 12.2. The highest BCUT2D eigenvalue weighted by atomic mass is 16.1. The highest BCUT2D eigenvalue weighted by molar-refractivity contribution is 6.04. The number of hydrogen-bond donors (Lipinski definition) is 3. The molecule has 1 heterocycles. The molecule has 6 nitrogen and oxygen atoms in total. The van der Waals surface area contributed by atoms with E-state index in [9.17, 15) is 4.79 Å². The van der Waals surface area contributed by atoms with E-state index in [1.165, 1.54) is 0 Å². The number of aliphatic imine (C=N–C) groups is 2. The number of benzene rings is 2. The van der Waals surface area contributed by atoms with Gasteiger partial charge in [-0.1, -0.05) is 30.3 Å². The number of carbonyl (C=O) groups excluding carboxylic acids is 1. The van der Waals surface area contributed by atoms with Crippen molar-refractivity contribution in [3.8, 4) is 0 Å². The van der Waals surface area contributed by atoms with Crippen LogP contribution in [0.4, 0.5) is 5.69 Å². The monoisotopic (exact) mass is 361 g/mol. The Kier molecular flexibility index (Phi) is 5.99. The van der Waals surface area contributed by atoms with Gasteiger partial charge in [0.2, 0.25) is 0 Å². The molecule has 0 radical (unpaired) electrons. The molecule has 0 spiro atoms. The van der Waals surface area contributed by atoms with Crippen molar-refractivity contribution in [3.63, 3.8) is 0 Å². The quantitative estimate of drug-likeness (QED) is 0.691. The molecule has 1 aliphatic rings. The van der Waals surface area contributed by atoms with Crippen molar-refractivity contribution < 1.29 is 4.79 Å². The summed E-state index contributed by atoms with van der Waals surface area (Å²) in [6, 6.07) is 16.9. The van der Waals surface area contributed by atoms with Crippen molar-refractivity contribution >= 4 is 24.1 Å². The van der Waals surface area contributed by atoms with Gasteiger partial charge in [-0.05, 0) is 36.2 Å². The third-order valence-corrected chi connectivity index (χ3v) is 4.39. The number of carbonyl (C=O) groups is 1. The second kappa shape index (κ2) is 8.80. The van der Waals surface area contributed by atoms with Gasteiger partial charge >= 0.3 is 0 Å². The zero-order valence-corrected chi connectivity index (χ0v) is 15.2. The first kappa shape index (κ1) is 18.4. The topological polar surface area (TPSA) is 91.9 Å². The number of amides is 1. The van der Waals surface area contributed by atoms with Crippen LogP contribution in [-0.2, 0) is 6.42 Å². The van der Waals surface area contributed by atoms with Gasteiger partial charge in [-0.3, -0.25) is 9.79 Å². The molecule has 1 aliphatic heterocycles.